The van der Waals surface area contributed by atoms with Crippen molar-refractivity contribution < 1.29 is 14.3 Å². The van der Waals surface area contributed by atoms with Crippen LogP contribution in [0.2, 0.25) is 0 Å². The number of likely N-dealkylation sites (tertiary alicyclic amines) is 1. The third-order valence-electron chi connectivity index (χ3n) is 3.74. The first-order valence-electron chi connectivity index (χ1n) is 7.16. The summed E-state index contributed by atoms with van der Waals surface area (Å²) in [5.74, 6) is 0.873. The molecule has 0 radical (unpaired) electrons. The lowest BCUT2D eigenvalue weighted by Gasteiger charge is -2.30. The molecule has 5 nitrogen and oxygen atoms in total. The van der Waals surface area contributed by atoms with Gasteiger partial charge < -0.3 is 19.3 Å². The standard InChI is InChI=1S/C15H20N2O3/c18-15(16-8-10-19-11-9-16)17-7-6-14(12-17)20-13-4-2-1-3-5-13/h1-5,14H,6-12H2/t14-/m0/s1. The van der Waals surface area contributed by atoms with Gasteiger partial charge in [0, 0.05) is 26.1 Å². The summed E-state index contributed by atoms with van der Waals surface area (Å²) < 4.78 is 11.2. The van der Waals surface area contributed by atoms with E-state index >= 15 is 0 Å². The van der Waals surface area contributed by atoms with Crippen molar-refractivity contribution in [1.29, 1.82) is 0 Å². The molecule has 0 aromatic heterocycles. The summed E-state index contributed by atoms with van der Waals surface area (Å²) in [6.07, 6.45) is 0.993. The van der Waals surface area contributed by atoms with Crippen LogP contribution in [-0.4, -0.2) is 61.3 Å². The average Bonchev–Trinajstić information content (AvgIpc) is 2.97. The van der Waals surface area contributed by atoms with Crippen molar-refractivity contribution in [2.24, 2.45) is 0 Å². The lowest BCUT2D eigenvalue weighted by atomic mass is 10.3. The van der Waals surface area contributed by atoms with Crippen LogP contribution in [0.25, 0.3) is 0 Å². The normalized spacial score (nSPS) is 22.9. The maximum atomic E-state index is 12.3. The average molecular weight is 276 g/mol. The van der Waals surface area contributed by atoms with Crippen molar-refractivity contribution in [1.82, 2.24) is 9.80 Å². The van der Waals surface area contributed by atoms with Crippen LogP contribution >= 0.6 is 0 Å². The van der Waals surface area contributed by atoms with Gasteiger partial charge in [-0.15, -0.1) is 0 Å². The van der Waals surface area contributed by atoms with Gasteiger partial charge in [-0.1, -0.05) is 18.2 Å². The van der Waals surface area contributed by atoms with Crippen LogP contribution in [0.3, 0.4) is 0 Å². The molecule has 0 aliphatic carbocycles. The first-order valence-corrected chi connectivity index (χ1v) is 7.16. The Hall–Kier alpha value is -1.75. The number of morpholine rings is 1. The molecule has 5 heteroatoms. The molecule has 2 amide bonds. The van der Waals surface area contributed by atoms with Crippen LogP contribution in [0, 0.1) is 0 Å². The molecule has 2 aliphatic heterocycles. The zero-order chi connectivity index (χ0) is 13.8. The fourth-order valence-electron chi connectivity index (χ4n) is 2.64. The Kier molecular flexibility index (Phi) is 4.06. The van der Waals surface area contributed by atoms with Gasteiger partial charge in [0.15, 0.2) is 0 Å². The number of ether oxygens (including phenoxy) is 2. The van der Waals surface area contributed by atoms with Gasteiger partial charge in [-0.05, 0) is 12.1 Å². The van der Waals surface area contributed by atoms with E-state index in [9.17, 15) is 4.79 Å². The fraction of sp³-hybridized carbons (Fsp3) is 0.533. The van der Waals surface area contributed by atoms with E-state index < -0.39 is 0 Å². The Labute approximate surface area is 119 Å². The number of carbonyl (C=O) groups excluding carboxylic acids is 1. The lowest BCUT2D eigenvalue weighted by molar-refractivity contribution is 0.0443. The summed E-state index contributed by atoms with van der Waals surface area (Å²) in [5.41, 5.74) is 0. The number of amides is 2. The molecule has 3 rings (SSSR count). The van der Waals surface area contributed by atoms with Crippen LogP contribution in [0.15, 0.2) is 30.3 Å². The first kappa shape index (κ1) is 13.2. The van der Waals surface area contributed by atoms with Crippen molar-refractivity contribution >= 4 is 6.03 Å². The highest BCUT2D eigenvalue weighted by Crippen LogP contribution is 2.19. The topological polar surface area (TPSA) is 42.0 Å². The van der Waals surface area contributed by atoms with Gasteiger partial charge in [-0.2, -0.15) is 0 Å². The zero-order valence-corrected chi connectivity index (χ0v) is 11.5. The Morgan fingerprint density at radius 1 is 1.10 bits per heavy atom. The second-order valence-electron chi connectivity index (χ2n) is 5.17. The molecule has 108 valence electrons. The molecule has 2 aliphatic rings. The van der Waals surface area contributed by atoms with Gasteiger partial charge in [0.2, 0.25) is 0 Å². The highest BCUT2D eigenvalue weighted by molar-refractivity contribution is 5.75. The van der Waals surface area contributed by atoms with Crippen LogP contribution < -0.4 is 4.74 Å². The third-order valence-corrected chi connectivity index (χ3v) is 3.74. The van der Waals surface area contributed by atoms with Gasteiger partial charge in [-0.25, -0.2) is 4.79 Å². The van der Waals surface area contributed by atoms with Crippen LogP contribution in [0.4, 0.5) is 4.79 Å². The molecule has 0 bridgehead atoms. The Balaban J connectivity index is 1.52. The van der Waals surface area contributed by atoms with Crippen LogP contribution in [0.5, 0.6) is 5.75 Å². The van der Waals surface area contributed by atoms with Gasteiger partial charge in [0.05, 0.1) is 19.8 Å². The monoisotopic (exact) mass is 276 g/mol. The smallest absolute Gasteiger partial charge is 0.320 e. The SMILES string of the molecule is O=C(N1CCOCC1)N1CC[C@H](Oc2ccccc2)C1. The van der Waals surface area contributed by atoms with Gasteiger partial charge in [-0.3, -0.25) is 0 Å². The molecule has 0 N–H and O–H groups in total. The number of hydrogen-bond donors (Lipinski definition) is 0. The Morgan fingerprint density at radius 3 is 2.60 bits per heavy atom. The minimum atomic E-state index is 0.0994. The molecule has 20 heavy (non-hydrogen) atoms. The molecule has 2 heterocycles. The predicted octanol–water partition coefficient (Wildman–Crippen LogP) is 1.59. The molecule has 0 spiro atoms. The number of benzene rings is 1. The Bertz CT molecular complexity index is 446. The van der Waals surface area contributed by atoms with Gasteiger partial charge >= 0.3 is 6.03 Å². The molecule has 2 fully saturated rings. The number of carbonyl (C=O) groups is 1. The van der Waals surface area contributed by atoms with Crippen LogP contribution in [0.1, 0.15) is 6.42 Å². The molecular weight excluding hydrogens is 256 g/mol. The predicted molar refractivity (Wildman–Crippen MR) is 74.8 cm³/mol. The number of rotatable bonds is 2. The summed E-state index contributed by atoms with van der Waals surface area (Å²) >= 11 is 0. The number of para-hydroxylation sites is 1. The zero-order valence-electron chi connectivity index (χ0n) is 11.5. The van der Waals surface area contributed by atoms with E-state index in [0.717, 1.165) is 18.7 Å². The molecule has 2 saturated heterocycles. The summed E-state index contributed by atoms with van der Waals surface area (Å²) in [4.78, 5) is 16.1. The largest absolute Gasteiger partial charge is 0.489 e. The number of nitrogens with zero attached hydrogens (tertiary/aromatic N) is 2. The molecule has 0 saturated carbocycles. The quantitative estimate of drug-likeness (QED) is 0.824. The van der Waals surface area contributed by atoms with E-state index in [1.165, 1.54) is 0 Å². The van der Waals surface area contributed by atoms with E-state index in [1.54, 1.807) is 0 Å². The molecule has 1 aromatic carbocycles. The fourth-order valence-corrected chi connectivity index (χ4v) is 2.64. The molecule has 1 atom stereocenters. The lowest BCUT2D eigenvalue weighted by Crippen LogP contribution is -2.47. The highest BCUT2D eigenvalue weighted by atomic mass is 16.5. The van der Waals surface area contributed by atoms with E-state index in [4.69, 9.17) is 9.47 Å². The van der Waals surface area contributed by atoms with Crippen molar-refractivity contribution in [2.75, 3.05) is 39.4 Å². The second kappa shape index (κ2) is 6.13. The van der Waals surface area contributed by atoms with E-state index in [2.05, 4.69) is 0 Å². The van der Waals surface area contributed by atoms with Gasteiger partial charge in [0.25, 0.3) is 0 Å². The minimum Gasteiger partial charge on any atom is -0.489 e. The highest BCUT2D eigenvalue weighted by Gasteiger charge is 2.31. The van der Waals surface area contributed by atoms with Crippen molar-refractivity contribution in [3.05, 3.63) is 30.3 Å². The van der Waals surface area contributed by atoms with E-state index in [-0.39, 0.29) is 12.1 Å². The Morgan fingerprint density at radius 2 is 1.85 bits per heavy atom. The maximum absolute atomic E-state index is 12.3. The summed E-state index contributed by atoms with van der Waals surface area (Å²) in [6, 6.07) is 9.91. The first-order chi connectivity index (χ1) is 9.83. The van der Waals surface area contributed by atoms with Gasteiger partial charge in [0.1, 0.15) is 11.9 Å². The van der Waals surface area contributed by atoms with Crippen molar-refractivity contribution in [3.63, 3.8) is 0 Å². The molecular formula is C15H20N2O3. The van der Waals surface area contributed by atoms with E-state index in [0.29, 0.717) is 32.8 Å². The summed E-state index contributed by atoms with van der Waals surface area (Å²) in [6.45, 7) is 4.12. The minimum absolute atomic E-state index is 0.0994. The van der Waals surface area contributed by atoms with Crippen molar-refractivity contribution in [3.8, 4) is 5.75 Å². The molecule has 0 unspecified atom stereocenters. The van der Waals surface area contributed by atoms with Crippen molar-refractivity contribution in [2.45, 2.75) is 12.5 Å². The van der Waals surface area contributed by atoms with Crippen LogP contribution in [-0.2, 0) is 4.74 Å². The summed E-state index contributed by atoms with van der Waals surface area (Å²) in [5, 5.41) is 0. The maximum Gasteiger partial charge on any atom is 0.320 e. The number of hydrogen-bond acceptors (Lipinski definition) is 3. The third kappa shape index (κ3) is 3.04. The number of urea groups is 1. The molecule has 1 aromatic rings. The second-order valence-corrected chi connectivity index (χ2v) is 5.17. The van der Waals surface area contributed by atoms with E-state index in [1.807, 2.05) is 40.1 Å². The summed E-state index contributed by atoms with van der Waals surface area (Å²) in [7, 11) is 0.